The van der Waals surface area contributed by atoms with Crippen molar-refractivity contribution in [2.24, 2.45) is 0 Å². The Labute approximate surface area is 218 Å². The maximum absolute atomic E-state index is 13.2. The van der Waals surface area contributed by atoms with Gasteiger partial charge in [-0.3, -0.25) is 4.79 Å². The zero-order chi connectivity index (χ0) is 25.4. The number of urea groups is 1. The minimum Gasteiger partial charge on any atom is -0.308 e. The number of pyridine rings is 1. The number of aryl methyl sites for hydroxylation is 1. The van der Waals surface area contributed by atoms with Crippen molar-refractivity contribution in [3.8, 4) is 0 Å². The van der Waals surface area contributed by atoms with Crippen molar-refractivity contribution in [3.63, 3.8) is 0 Å². The first-order chi connectivity index (χ1) is 18.0. The number of carbonyl (C=O) groups excluding carboxylic acids is 2. The van der Waals surface area contributed by atoms with Crippen molar-refractivity contribution in [1.29, 1.82) is 0 Å². The van der Waals surface area contributed by atoms with Crippen LogP contribution in [0.4, 0.5) is 21.9 Å². The van der Waals surface area contributed by atoms with Gasteiger partial charge in [0, 0.05) is 21.4 Å². The Morgan fingerprint density at radius 3 is 2.27 bits per heavy atom. The number of hydrogen-bond donors (Lipinski definition) is 2. The lowest BCUT2D eigenvalue weighted by molar-refractivity contribution is -0.116. The third kappa shape index (κ3) is 4.61. The average Bonchev–Trinajstić information content (AvgIpc) is 2.91. The van der Waals surface area contributed by atoms with Crippen LogP contribution < -0.4 is 15.5 Å². The highest BCUT2D eigenvalue weighted by atomic mass is 32.2. The van der Waals surface area contributed by atoms with Crippen LogP contribution in [-0.2, 0) is 11.3 Å². The molecule has 6 nitrogen and oxygen atoms in total. The van der Waals surface area contributed by atoms with Gasteiger partial charge < -0.3 is 15.5 Å². The predicted molar refractivity (Wildman–Crippen MR) is 151 cm³/mol. The number of anilines is 3. The van der Waals surface area contributed by atoms with Crippen LogP contribution in [0.1, 0.15) is 11.1 Å². The molecule has 0 saturated heterocycles. The monoisotopic (exact) mass is 504 g/mol. The van der Waals surface area contributed by atoms with E-state index in [-0.39, 0.29) is 11.9 Å². The average molecular weight is 505 g/mol. The van der Waals surface area contributed by atoms with E-state index >= 15 is 0 Å². The molecule has 0 unspecified atom stereocenters. The summed E-state index contributed by atoms with van der Waals surface area (Å²) >= 11 is 1.52. The molecule has 182 valence electrons. The van der Waals surface area contributed by atoms with Gasteiger partial charge in [-0.2, -0.15) is 0 Å². The van der Waals surface area contributed by atoms with E-state index in [1.165, 1.54) is 17.3 Å². The van der Waals surface area contributed by atoms with Crippen molar-refractivity contribution in [1.82, 2.24) is 4.98 Å². The Morgan fingerprint density at radius 2 is 1.57 bits per heavy atom. The maximum Gasteiger partial charge on any atom is 0.323 e. The van der Waals surface area contributed by atoms with Crippen LogP contribution in [0.5, 0.6) is 0 Å². The number of carbonyl (C=O) groups is 2. The molecule has 1 aliphatic heterocycles. The minimum absolute atomic E-state index is 0.0504. The van der Waals surface area contributed by atoms with Crippen molar-refractivity contribution >= 4 is 62.6 Å². The number of benzene rings is 4. The number of nitrogens with one attached hydrogen (secondary N) is 2. The second kappa shape index (κ2) is 9.59. The summed E-state index contributed by atoms with van der Waals surface area (Å²) in [6, 6.07) is 29.0. The van der Waals surface area contributed by atoms with E-state index in [0.717, 1.165) is 38.0 Å². The van der Waals surface area contributed by atoms with Gasteiger partial charge in [0.25, 0.3) is 0 Å². The Morgan fingerprint density at radius 1 is 0.892 bits per heavy atom. The topological polar surface area (TPSA) is 74.3 Å². The van der Waals surface area contributed by atoms with Gasteiger partial charge in [-0.15, -0.1) is 11.8 Å². The fourth-order valence-corrected chi connectivity index (χ4v) is 5.50. The molecule has 0 atom stereocenters. The van der Waals surface area contributed by atoms with Gasteiger partial charge in [0.1, 0.15) is 0 Å². The van der Waals surface area contributed by atoms with E-state index in [1.54, 1.807) is 4.90 Å². The molecule has 4 aromatic carbocycles. The molecule has 1 aliphatic rings. The highest BCUT2D eigenvalue weighted by Gasteiger charge is 2.25. The first-order valence-electron chi connectivity index (χ1n) is 12.0. The highest BCUT2D eigenvalue weighted by molar-refractivity contribution is 8.00. The Kier molecular flexibility index (Phi) is 5.98. The van der Waals surface area contributed by atoms with Gasteiger partial charge >= 0.3 is 6.03 Å². The van der Waals surface area contributed by atoms with Crippen molar-refractivity contribution in [3.05, 3.63) is 102 Å². The molecule has 37 heavy (non-hydrogen) atoms. The molecular weight excluding hydrogens is 480 g/mol. The van der Waals surface area contributed by atoms with E-state index in [0.29, 0.717) is 23.7 Å². The van der Waals surface area contributed by atoms with Gasteiger partial charge in [-0.1, -0.05) is 66.2 Å². The largest absolute Gasteiger partial charge is 0.323 e. The third-order valence-corrected chi connectivity index (χ3v) is 7.49. The molecule has 0 aliphatic carbocycles. The lowest BCUT2D eigenvalue weighted by Gasteiger charge is -2.29. The fourth-order valence-electron chi connectivity index (χ4n) is 4.58. The van der Waals surface area contributed by atoms with Gasteiger partial charge in [0.05, 0.1) is 34.7 Å². The predicted octanol–water partition coefficient (Wildman–Crippen LogP) is 6.98. The molecule has 2 heterocycles. The van der Waals surface area contributed by atoms with Gasteiger partial charge in [0.2, 0.25) is 5.91 Å². The molecule has 0 fully saturated rings. The molecule has 6 rings (SSSR count). The molecule has 5 aromatic rings. The van der Waals surface area contributed by atoms with Gasteiger partial charge in [-0.05, 0) is 42.8 Å². The molecule has 1 aromatic heterocycles. The van der Waals surface area contributed by atoms with Crippen LogP contribution >= 0.6 is 11.8 Å². The number of thioether (sulfide) groups is 1. The zero-order valence-corrected chi connectivity index (χ0v) is 21.0. The summed E-state index contributed by atoms with van der Waals surface area (Å²) in [4.78, 5) is 33.6. The third-order valence-electron chi connectivity index (χ3n) is 6.45. The van der Waals surface area contributed by atoms with Crippen LogP contribution in [0.3, 0.4) is 0 Å². The number of para-hydroxylation sites is 2. The van der Waals surface area contributed by atoms with Crippen LogP contribution in [0, 0.1) is 6.92 Å². The molecule has 3 amide bonds. The fraction of sp³-hybridized carbons (Fsp3) is 0.100. The number of amides is 3. The highest BCUT2D eigenvalue weighted by Crippen LogP contribution is 2.38. The summed E-state index contributed by atoms with van der Waals surface area (Å²) in [5, 5.41) is 7.74. The van der Waals surface area contributed by atoms with Crippen molar-refractivity contribution < 1.29 is 9.59 Å². The maximum atomic E-state index is 13.2. The molecule has 7 heteroatoms. The smallest absolute Gasteiger partial charge is 0.308 e. The van der Waals surface area contributed by atoms with E-state index in [2.05, 4.69) is 10.6 Å². The summed E-state index contributed by atoms with van der Waals surface area (Å²) in [6.07, 6.45) is 0. The Hall–Kier alpha value is -4.36. The minimum atomic E-state index is -0.360. The van der Waals surface area contributed by atoms with Crippen molar-refractivity contribution in [2.45, 2.75) is 18.4 Å². The zero-order valence-electron chi connectivity index (χ0n) is 20.2. The molecular formula is C30H24N4O2S. The van der Waals surface area contributed by atoms with E-state index in [9.17, 15) is 9.59 Å². The summed E-state index contributed by atoms with van der Waals surface area (Å²) in [7, 11) is 0. The van der Waals surface area contributed by atoms with Gasteiger partial charge in [-0.25, -0.2) is 9.78 Å². The second-order valence-electron chi connectivity index (χ2n) is 9.04. The second-order valence-corrected chi connectivity index (χ2v) is 10.1. The number of fused-ring (bicyclic) bond motifs is 3. The quantitative estimate of drug-likeness (QED) is 0.259. The van der Waals surface area contributed by atoms with Crippen LogP contribution in [0.15, 0.2) is 95.9 Å². The van der Waals surface area contributed by atoms with Crippen LogP contribution in [0.2, 0.25) is 0 Å². The van der Waals surface area contributed by atoms with Gasteiger partial charge in [0.15, 0.2) is 0 Å². The van der Waals surface area contributed by atoms with Crippen molar-refractivity contribution in [2.75, 3.05) is 21.3 Å². The normalized spacial score (nSPS) is 13.0. The lowest BCUT2D eigenvalue weighted by atomic mass is 10.1. The van der Waals surface area contributed by atoms with E-state index in [1.807, 2.05) is 97.9 Å². The first kappa shape index (κ1) is 23.1. The summed E-state index contributed by atoms with van der Waals surface area (Å²) in [5.41, 5.74) is 5.99. The number of aromatic nitrogens is 1. The molecule has 0 radical (unpaired) electrons. The van der Waals surface area contributed by atoms with Crippen LogP contribution in [-0.4, -0.2) is 22.7 Å². The molecule has 0 spiro atoms. The molecule has 0 saturated carbocycles. The summed E-state index contributed by atoms with van der Waals surface area (Å²) in [6.45, 7) is 2.53. The summed E-state index contributed by atoms with van der Waals surface area (Å²) in [5.74, 6) is 0.448. The number of nitrogens with zero attached hydrogens (tertiary/aromatic N) is 2. The molecule has 2 N–H and O–H groups in total. The number of hydrogen-bond acceptors (Lipinski definition) is 4. The standard InChI is InChI=1S/C30H24N4O2S/c1-19-10-12-20(13-11-19)17-34-26-16-21(14-15-27(26)37-18-28(34)35)31-30(36)33-29-22-6-2-4-8-24(22)32-25-9-5-3-7-23(25)29/h2-16H,17-18H2,1H3,(H2,31,32,33,36). The van der Waals surface area contributed by atoms with E-state index in [4.69, 9.17) is 4.98 Å². The SMILES string of the molecule is Cc1ccc(CN2C(=O)CSc3ccc(NC(=O)Nc4c5ccccc5nc5ccccc45)cc32)cc1. The van der Waals surface area contributed by atoms with E-state index < -0.39 is 0 Å². The summed E-state index contributed by atoms with van der Waals surface area (Å²) < 4.78 is 0. The Bertz CT molecular complexity index is 1610. The number of rotatable bonds is 4. The lowest BCUT2D eigenvalue weighted by Crippen LogP contribution is -2.34. The first-order valence-corrected chi connectivity index (χ1v) is 13.0. The van der Waals surface area contributed by atoms with Crippen LogP contribution in [0.25, 0.3) is 21.8 Å². The molecule has 0 bridgehead atoms. The Balaban J connectivity index is 1.29.